The van der Waals surface area contributed by atoms with Crippen LogP contribution in [0.5, 0.6) is 0 Å². The van der Waals surface area contributed by atoms with Gasteiger partial charge >= 0.3 is 0 Å². The molecule has 4 heterocycles. The molecule has 0 bridgehead atoms. The van der Waals surface area contributed by atoms with E-state index in [4.69, 9.17) is 0 Å². The van der Waals surface area contributed by atoms with Gasteiger partial charge in [-0.3, -0.25) is 0 Å². The summed E-state index contributed by atoms with van der Waals surface area (Å²) in [5.41, 5.74) is 15.7. The minimum atomic E-state index is 0.00849. The highest BCUT2D eigenvalue weighted by molar-refractivity contribution is 7.00. The van der Waals surface area contributed by atoms with Gasteiger partial charge in [0.1, 0.15) is 0 Å². The molecule has 2 atom stereocenters. The van der Waals surface area contributed by atoms with Crippen LogP contribution in [-0.2, 0) is 5.41 Å². The van der Waals surface area contributed by atoms with Gasteiger partial charge in [0.2, 0.25) is 0 Å². The van der Waals surface area contributed by atoms with E-state index in [1.165, 1.54) is 103 Å². The van der Waals surface area contributed by atoms with E-state index < -0.39 is 0 Å². The highest BCUT2D eigenvalue weighted by Crippen LogP contribution is 2.63. The number of hydrogen-bond donors (Lipinski definition) is 0. The van der Waals surface area contributed by atoms with Crippen molar-refractivity contribution in [2.45, 2.75) is 50.5 Å². The maximum Gasteiger partial charge on any atom is 0.252 e. The van der Waals surface area contributed by atoms with Crippen LogP contribution < -0.4 is 21.3 Å². The lowest BCUT2D eigenvalue weighted by Crippen LogP contribution is -2.64. The van der Waals surface area contributed by atoms with Crippen molar-refractivity contribution in [1.82, 2.24) is 4.57 Å². The number of nitrogens with zero attached hydrogens (tertiary/aromatic N) is 2. The summed E-state index contributed by atoms with van der Waals surface area (Å²) in [5.74, 6) is 0. The molecule has 11 rings (SSSR count). The van der Waals surface area contributed by atoms with E-state index in [-0.39, 0.29) is 17.7 Å². The van der Waals surface area contributed by atoms with E-state index in [1.807, 2.05) is 0 Å². The monoisotopic (exact) mass is 576 g/mol. The molecule has 0 saturated heterocycles. The first-order valence-corrected chi connectivity index (χ1v) is 16.7. The molecule has 1 aromatic heterocycles. The van der Waals surface area contributed by atoms with Gasteiger partial charge in [0.15, 0.2) is 0 Å². The lowest BCUT2D eigenvalue weighted by molar-refractivity contribution is 0.195. The van der Waals surface area contributed by atoms with Gasteiger partial charge in [-0.25, -0.2) is 0 Å². The van der Waals surface area contributed by atoms with Gasteiger partial charge in [-0.05, 0) is 81.8 Å². The summed E-state index contributed by atoms with van der Waals surface area (Å²) in [6, 6.07) is 43.9. The number of rotatable bonds is 1. The Bertz CT molecular complexity index is 2440. The van der Waals surface area contributed by atoms with Crippen molar-refractivity contribution in [3.05, 3.63) is 121 Å². The molecular formula is C42H33BN2. The fourth-order valence-corrected chi connectivity index (χ4v) is 10.4. The second-order valence-corrected chi connectivity index (χ2v) is 14.3. The van der Waals surface area contributed by atoms with Gasteiger partial charge < -0.3 is 9.47 Å². The van der Waals surface area contributed by atoms with Crippen LogP contribution >= 0.6 is 0 Å². The predicted molar refractivity (Wildman–Crippen MR) is 191 cm³/mol. The largest absolute Gasteiger partial charge is 0.335 e. The minimum absolute atomic E-state index is 0.00849. The zero-order valence-corrected chi connectivity index (χ0v) is 25.8. The molecule has 2 unspecified atom stereocenters. The predicted octanol–water partition coefficient (Wildman–Crippen LogP) is 8.49. The molecule has 0 radical (unpaired) electrons. The highest BCUT2D eigenvalue weighted by atomic mass is 15.3. The van der Waals surface area contributed by atoms with Gasteiger partial charge in [-0.15, -0.1) is 0 Å². The summed E-state index contributed by atoms with van der Waals surface area (Å²) >= 11 is 0. The Kier molecular flexibility index (Phi) is 4.41. The summed E-state index contributed by atoms with van der Waals surface area (Å²) in [7, 11) is 0. The van der Waals surface area contributed by atoms with Gasteiger partial charge in [0, 0.05) is 38.8 Å². The van der Waals surface area contributed by atoms with E-state index in [0.717, 1.165) is 0 Å². The van der Waals surface area contributed by atoms with Crippen LogP contribution in [0.1, 0.15) is 45.1 Å². The maximum atomic E-state index is 2.84. The Labute approximate surface area is 264 Å². The second-order valence-electron chi connectivity index (χ2n) is 14.3. The van der Waals surface area contributed by atoms with E-state index in [1.54, 1.807) is 5.56 Å². The van der Waals surface area contributed by atoms with Crippen LogP contribution in [0.3, 0.4) is 0 Å². The molecule has 7 aromatic rings. The summed E-state index contributed by atoms with van der Waals surface area (Å²) in [5, 5.41) is 5.38. The van der Waals surface area contributed by atoms with Crippen molar-refractivity contribution in [1.29, 1.82) is 0 Å². The van der Waals surface area contributed by atoms with Crippen LogP contribution in [0.15, 0.2) is 115 Å². The second kappa shape index (κ2) is 8.09. The number of anilines is 2. The fraction of sp³-hybridized carbons (Fsp3) is 0.190. The molecule has 1 saturated carbocycles. The first-order valence-electron chi connectivity index (χ1n) is 16.7. The lowest BCUT2D eigenvalue weighted by atomic mass is 9.33. The summed E-state index contributed by atoms with van der Waals surface area (Å²) in [6.07, 6.45) is 5.01. The highest BCUT2D eigenvalue weighted by Gasteiger charge is 2.61. The first kappa shape index (κ1) is 24.6. The molecule has 6 aromatic carbocycles. The molecule has 0 N–H and O–H groups in total. The van der Waals surface area contributed by atoms with Crippen LogP contribution in [0.4, 0.5) is 11.4 Å². The van der Waals surface area contributed by atoms with Crippen LogP contribution in [-0.4, -0.2) is 16.8 Å². The van der Waals surface area contributed by atoms with Crippen molar-refractivity contribution < 1.29 is 0 Å². The molecule has 3 heteroatoms. The smallest absolute Gasteiger partial charge is 0.252 e. The number of benzene rings is 6. The molecule has 4 aliphatic rings. The van der Waals surface area contributed by atoms with Crippen LogP contribution in [0.25, 0.3) is 49.4 Å². The van der Waals surface area contributed by atoms with E-state index in [9.17, 15) is 0 Å². The Morgan fingerprint density at radius 2 is 1.42 bits per heavy atom. The lowest BCUT2D eigenvalue weighted by Gasteiger charge is -2.52. The van der Waals surface area contributed by atoms with Crippen LogP contribution in [0, 0.1) is 0 Å². The summed E-state index contributed by atoms with van der Waals surface area (Å²) in [4.78, 5) is 2.84. The van der Waals surface area contributed by atoms with Crippen molar-refractivity contribution in [3.8, 4) is 16.8 Å². The van der Waals surface area contributed by atoms with Gasteiger partial charge in [0.25, 0.3) is 6.71 Å². The first-order chi connectivity index (χ1) is 22.1. The normalized spacial score (nSPS) is 22.2. The van der Waals surface area contributed by atoms with Crippen molar-refractivity contribution in [2.75, 3.05) is 4.90 Å². The molecule has 1 fully saturated rings. The zero-order valence-electron chi connectivity index (χ0n) is 25.8. The molecule has 2 nitrogen and oxygen atoms in total. The average molecular weight is 577 g/mol. The average Bonchev–Trinajstić information content (AvgIpc) is 3.54. The third kappa shape index (κ3) is 2.69. The Morgan fingerprint density at radius 3 is 2.33 bits per heavy atom. The minimum Gasteiger partial charge on any atom is -0.335 e. The van der Waals surface area contributed by atoms with E-state index in [2.05, 4.69) is 139 Å². The molecule has 214 valence electrons. The molecular weight excluding hydrogens is 543 g/mol. The molecule has 0 amide bonds. The van der Waals surface area contributed by atoms with E-state index in [0.29, 0.717) is 0 Å². The SMILES string of the molecule is CC12CCCCC1(C)N1c3cccc4c3B(c3ccc(-c5ccccc5)c2c31)c1cccc2c3c5ccccc5ccc3n-4c12. The number of fused-ring (bicyclic) bond motifs is 12. The molecule has 1 aliphatic carbocycles. The number of para-hydroxylation sites is 1. The van der Waals surface area contributed by atoms with Crippen molar-refractivity contribution in [3.63, 3.8) is 0 Å². The fourth-order valence-electron chi connectivity index (χ4n) is 10.4. The molecule has 45 heavy (non-hydrogen) atoms. The standard InChI is InChI=1S/C42H33BN2/c1-41-24-8-9-25-42(41,2)45-35-19-11-18-34-38(35)43(32-22-21-29(37(41)40(32)45)26-12-4-3-5-13-26)31-17-10-16-30-36-28-15-7-6-14-27(28)20-23-33(36)44(34)39(30)31/h3-7,10-23H,8-9,24-25H2,1-2H3. The van der Waals surface area contributed by atoms with Gasteiger partial charge in [-0.2, -0.15) is 0 Å². The number of hydrogen-bond acceptors (Lipinski definition) is 1. The summed E-state index contributed by atoms with van der Waals surface area (Å²) < 4.78 is 2.60. The quantitative estimate of drug-likeness (QED) is 0.178. The van der Waals surface area contributed by atoms with Crippen LogP contribution in [0.2, 0.25) is 0 Å². The topological polar surface area (TPSA) is 8.17 Å². The Morgan fingerprint density at radius 1 is 0.644 bits per heavy atom. The third-order valence-corrected chi connectivity index (χ3v) is 12.5. The molecule has 0 spiro atoms. The summed E-state index contributed by atoms with van der Waals surface area (Å²) in [6.45, 7) is 5.37. The van der Waals surface area contributed by atoms with E-state index >= 15 is 0 Å². The van der Waals surface area contributed by atoms with Crippen molar-refractivity contribution >= 4 is 67.1 Å². The van der Waals surface area contributed by atoms with Crippen molar-refractivity contribution in [2.24, 2.45) is 0 Å². The zero-order chi connectivity index (χ0) is 29.7. The third-order valence-electron chi connectivity index (χ3n) is 12.5. The van der Waals surface area contributed by atoms with Gasteiger partial charge in [0.05, 0.1) is 11.1 Å². The van der Waals surface area contributed by atoms with Gasteiger partial charge in [-0.1, -0.05) is 117 Å². The Hall–Kier alpha value is -4.76. The Balaban J connectivity index is 1.32. The number of aromatic nitrogens is 1. The maximum absolute atomic E-state index is 2.84. The molecule has 3 aliphatic heterocycles.